The van der Waals surface area contributed by atoms with E-state index >= 15 is 0 Å². The van der Waals surface area contributed by atoms with Gasteiger partial charge in [0.15, 0.2) is 5.82 Å². The molecule has 3 aromatic heterocycles. The molecule has 0 saturated carbocycles. The van der Waals surface area contributed by atoms with Gasteiger partial charge in [-0.2, -0.15) is 5.10 Å². The molecular weight excluding hydrogens is 304 g/mol. The fourth-order valence-electron chi connectivity index (χ4n) is 2.68. The lowest BCUT2D eigenvalue weighted by molar-refractivity contribution is 0.305. The lowest BCUT2D eigenvalue weighted by Crippen LogP contribution is -1.96. The summed E-state index contributed by atoms with van der Waals surface area (Å²) in [6.07, 6.45) is 2.71. The number of benzene rings is 1. The van der Waals surface area contributed by atoms with E-state index in [-0.39, 0.29) is 0 Å². The van der Waals surface area contributed by atoms with E-state index in [4.69, 9.17) is 4.74 Å². The summed E-state index contributed by atoms with van der Waals surface area (Å²) in [5.41, 5.74) is 3.64. The summed E-state index contributed by atoms with van der Waals surface area (Å²) in [5, 5.41) is 16.0. The third kappa shape index (κ3) is 2.44. The van der Waals surface area contributed by atoms with Gasteiger partial charge in [0, 0.05) is 18.9 Å². The zero-order chi connectivity index (χ0) is 16.5. The van der Waals surface area contributed by atoms with E-state index in [1.54, 1.807) is 6.20 Å². The van der Waals surface area contributed by atoms with Crippen molar-refractivity contribution in [1.82, 2.24) is 25.0 Å². The highest BCUT2D eigenvalue weighted by atomic mass is 16.5. The van der Waals surface area contributed by atoms with Crippen molar-refractivity contribution in [3.63, 3.8) is 0 Å². The Balaban J connectivity index is 1.69. The number of rotatable bonds is 5. The molecule has 7 nitrogen and oxygen atoms in total. The molecule has 0 aliphatic rings. The van der Waals surface area contributed by atoms with Gasteiger partial charge in [-0.1, -0.05) is 6.92 Å². The van der Waals surface area contributed by atoms with E-state index < -0.39 is 0 Å². The highest BCUT2D eigenvalue weighted by Crippen LogP contribution is 2.29. The van der Waals surface area contributed by atoms with Gasteiger partial charge in [0.05, 0.1) is 23.0 Å². The lowest BCUT2D eigenvalue weighted by atomic mass is 10.2. The summed E-state index contributed by atoms with van der Waals surface area (Å²) in [4.78, 5) is 4.36. The SMILES string of the molecule is CCCOc1nn(C)c2cc(Nc3n[nH]c4cccnc34)ccc12. The molecule has 4 aromatic rings. The van der Waals surface area contributed by atoms with Crippen LogP contribution in [0.5, 0.6) is 5.88 Å². The fraction of sp³-hybridized carbons (Fsp3) is 0.235. The Labute approximate surface area is 138 Å². The first kappa shape index (κ1) is 14.5. The minimum absolute atomic E-state index is 0.664. The Bertz CT molecular complexity index is 1000. The molecule has 4 rings (SSSR count). The number of nitrogens with one attached hydrogen (secondary N) is 2. The van der Waals surface area contributed by atoms with Gasteiger partial charge < -0.3 is 10.1 Å². The van der Waals surface area contributed by atoms with E-state index in [0.29, 0.717) is 18.3 Å². The molecular formula is C17H18N6O. The second-order valence-corrected chi connectivity index (χ2v) is 5.61. The summed E-state index contributed by atoms with van der Waals surface area (Å²) in [6.45, 7) is 2.74. The Morgan fingerprint density at radius 3 is 3.08 bits per heavy atom. The molecule has 0 fully saturated rings. The first-order valence-corrected chi connectivity index (χ1v) is 7.92. The van der Waals surface area contributed by atoms with Crippen LogP contribution in [0.25, 0.3) is 21.9 Å². The smallest absolute Gasteiger partial charge is 0.240 e. The monoisotopic (exact) mass is 322 g/mol. The van der Waals surface area contributed by atoms with Crippen molar-refractivity contribution in [2.45, 2.75) is 13.3 Å². The van der Waals surface area contributed by atoms with Crippen LogP contribution in [0.2, 0.25) is 0 Å². The zero-order valence-electron chi connectivity index (χ0n) is 13.6. The standard InChI is InChI=1S/C17H18N6O/c1-3-9-24-17-12-7-6-11(10-14(12)23(2)22-17)19-16-15-13(20-21-16)5-4-8-18-15/h4-8,10H,3,9H2,1-2H3,(H2,19,20,21). The molecule has 0 saturated heterocycles. The number of hydrogen-bond acceptors (Lipinski definition) is 5. The Morgan fingerprint density at radius 2 is 2.21 bits per heavy atom. The van der Waals surface area contributed by atoms with Crippen molar-refractivity contribution in [3.8, 4) is 5.88 Å². The van der Waals surface area contributed by atoms with E-state index in [1.807, 2.05) is 42.1 Å². The van der Waals surface area contributed by atoms with Crippen LogP contribution in [0.4, 0.5) is 11.5 Å². The van der Waals surface area contributed by atoms with Gasteiger partial charge in [0.2, 0.25) is 5.88 Å². The molecule has 3 heterocycles. The van der Waals surface area contributed by atoms with E-state index in [2.05, 4.69) is 32.5 Å². The summed E-state index contributed by atoms with van der Waals surface area (Å²) < 4.78 is 7.54. The molecule has 7 heteroatoms. The van der Waals surface area contributed by atoms with Crippen LogP contribution in [0.15, 0.2) is 36.5 Å². The fourth-order valence-corrected chi connectivity index (χ4v) is 2.68. The number of nitrogens with zero attached hydrogens (tertiary/aromatic N) is 4. The van der Waals surface area contributed by atoms with Crippen LogP contribution in [0.1, 0.15) is 13.3 Å². The Morgan fingerprint density at radius 1 is 1.29 bits per heavy atom. The first-order valence-electron chi connectivity index (χ1n) is 7.92. The largest absolute Gasteiger partial charge is 0.476 e. The van der Waals surface area contributed by atoms with Gasteiger partial charge in [-0.05, 0) is 36.8 Å². The topological polar surface area (TPSA) is 80.6 Å². The Hall–Kier alpha value is -3.09. The normalized spacial score (nSPS) is 11.2. The van der Waals surface area contributed by atoms with E-state index in [1.165, 1.54) is 0 Å². The molecule has 1 aromatic carbocycles. The minimum atomic E-state index is 0.664. The Kier molecular flexibility index (Phi) is 3.53. The number of ether oxygens (including phenoxy) is 1. The number of aromatic amines is 1. The highest BCUT2D eigenvalue weighted by Gasteiger charge is 2.12. The lowest BCUT2D eigenvalue weighted by Gasteiger charge is -2.04. The molecule has 0 radical (unpaired) electrons. The number of aromatic nitrogens is 5. The second-order valence-electron chi connectivity index (χ2n) is 5.61. The van der Waals surface area contributed by atoms with Gasteiger partial charge in [-0.25, -0.2) is 0 Å². The average molecular weight is 322 g/mol. The van der Waals surface area contributed by atoms with Gasteiger partial charge in [0.1, 0.15) is 5.52 Å². The molecule has 0 spiro atoms. The van der Waals surface area contributed by atoms with Crippen LogP contribution < -0.4 is 10.1 Å². The molecule has 2 N–H and O–H groups in total. The number of hydrogen-bond donors (Lipinski definition) is 2. The summed E-state index contributed by atoms with van der Waals surface area (Å²) in [6, 6.07) is 9.86. The molecule has 0 aliphatic carbocycles. The molecule has 0 unspecified atom stereocenters. The maximum atomic E-state index is 5.71. The molecule has 0 amide bonds. The maximum absolute atomic E-state index is 5.71. The van der Waals surface area contributed by atoms with Crippen LogP contribution in [0.3, 0.4) is 0 Å². The minimum Gasteiger partial charge on any atom is -0.476 e. The predicted molar refractivity (Wildman–Crippen MR) is 93.7 cm³/mol. The van der Waals surface area contributed by atoms with Crippen molar-refractivity contribution >= 4 is 33.4 Å². The summed E-state index contributed by atoms with van der Waals surface area (Å²) in [7, 11) is 1.91. The number of pyridine rings is 1. The van der Waals surface area contributed by atoms with Crippen LogP contribution in [-0.4, -0.2) is 31.6 Å². The van der Waals surface area contributed by atoms with Gasteiger partial charge >= 0.3 is 0 Å². The maximum Gasteiger partial charge on any atom is 0.240 e. The van der Waals surface area contributed by atoms with Crippen molar-refractivity contribution in [2.75, 3.05) is 11.9 Å². The molecule has 0 aliphatic heterocycles. The summed E-state index contributed by atoms with van der Waals surface area (Å²) in [5.74, 6) is 1.38. The predicted octanol–water partition coefficient (Wildman–Crippen LogP) is 3.38. The molecule has 0 bridgehead atoms. The molecule has 122 valence electrons. The van der Waals surface area contributed by atoms with Gasteiger partial charge in [-0.15, -0.1) is 5.10 Å². The van der Waals surface area contributed by atoms with Crippen LogP contribution in [-0.2, 0) is 7.05 Å². The van der Waals surface area contributed by atoms with Crippen molar-refractivity contribution in [3.05, 3.63) is 36.5 Å². The third-order valence-corrected chi connectivity index (χ3v) is 3.84. The summed E-state index contributed by atoms with van der Waals surface area (Å²) >= 11 is 0. The average Bonchev–Trinajstić information content (AvgIpc) is 3.15. The number of H-pyrrole nitrogens is 1. The first-order chi connectivity index (χ1) is 11.8. The van der Waals surface area contributed by atoms with Crippen LogP contribution in [0, 0.1) is 0 Å². The van der Waals surface area contributed by atoms with Crippen molar-refractivity contribution in [1.29, 1.82) is 0 Å². The van der Waals surface area contributed by atoms with Crippen LogP contribution >= 0.6 is 0 Å². The number of anilines is 2. The van der Waals surface area contributed by atoms with Gasteiger partial charge in [-0.3, -0.25) is 14.8 Å². The third-order valence-electron chi connectivity index (χ3n) is 3.84. The molecule has 24 heavy (non-hydrogen) atoms. The molecule has 0 atom stereocenters. The second kappa shape index (κ2) is 5.84. The van der Waals surface area contributed by atoms with Crippen molar-refractivity contribution in [2.24, 2.45) is 7.05 Å². The zero-order valence-corrected chi connectivity index (χ0v) is 13.6. The van der Waals surface area contributed by atoms with E-state index in [0.717, 1.165) is 34.0 Å². The number of fused-ring (bicyclic) bond motifs is 2. The van der Waals surface area contributed by atoms with Crippen molar-refractivity contribution < 1.29 is 4.74 Å². The quantitative estimate of drug-likeness (QED) is 0.589. The highest BCUT2D eigenvalue weighted by molar-refractivity contribution is 5.91. The van der Waals surface area contributed by atoms with E-state index in [9.17, 15) is 0 Å². The van der Waals surface area contributed by atoms with Gasteiger partial charge in [0.25, 0.3) is 0 Å². The number of aryl methyl sites for hydroxylation is 1.